The summed E-state index contributed by atoms with van der Waals surface area (Å²) in [6.45, 7) is 2.81. The highest BCUT2D eigenvalue weighted by atomic mass is 32.2. The normalized spacial score (nSPS) is 14.8. The predicted molar refractivity (Wildman–Crippen MR) is 121 cm³/mol. The number of methoxy groups -OCH3 is 2. The Kier molecular flexibility index (Phi) is 6.39. The van der Waals surface area contributed by atoms with E-state index in [1.807, 2.05) is 31.2 Å². The Hall–Kier alpha value is -3.37. The number of aryl methyl sites for hydroxylation is 1. The number of ether oxygens (including phenoxy) is 2. The third kappa shape index (κ3) is 4.57. The van der Waals surface area contributed by atoms with Crippen molar-refractivity contribution < 1.29 is 27.2 Å². The van der Waals surface area contributed by atoms with Gasteiger partial charge in [-0.1, -0.05) is 35.0 Å². The number of aromatic nitrogens is 1. The van der Waals surface area contributed by atoms with Gasteiger partial charge in [-0.3, -0.25) is 4.79 Å². The van der Waals surface area contributed by atoms with E-state index in [0.717, 1.165) is 11.1 Å². The maximum atomic E-state index is 13.1. The molecule has 3 aromatic rings. The highest BCUT2D eigenvalue weighted by Crippen LogP contribution is 2.31. The molecule has 0 radical (unpaired) electrons. The number of sulfonamides is 1. The minimum atomic E-state index is -3.74. The fourth-order valence-electron chi connectivity index (χ4n) is 3.65. The van der Waals surface area contributed by atoms with Crippen LogP contribution < -0.4 is 9.47 Å². The lowest BCUT2D eigenvalue weighted by molar-refractivity contribution is 0.0656. The minimum Gasteiger partial charge on any atom is -0.493 e. The Balaban J connectivity index is 1.43. The zero-order chi connectivity index (χ0) is 23.6. The number of amides is 1. The summed E-state index contributed by atoms with van der Waals surface area (Å²) in [4.78, 5) is 14.6. The average Bonchev–Trinajstić information content (AvgIpc) is 3.34. The Bertz CT molecular complexity index is 1250. The molecule has 1 aliphatic heterocycles. The quantitative estimate of drug-likeness (QED) is 0.545. The molecule has 0 saturated carbocycles. The molecule has 2 heterocycles. The molecule has 0 unspecified atom stereocenters. The minimum absolute atomic E-state index is 0.109. The van der Waals surface area contributed by atoms with Crippen LogP contribution in [0, 0.1) is 6.92 Å². The van der Waals surface area contributed by atoms with Crippen LogP contribution in [-0.4, -0.2) is 69.1 Å². The fourth-order valence-corrected chi connectivity index (χ4v) is 5.09. The molecule has 2 aromatic carbocycles. The molecular weight excluding hydrogens is 446 g/mol. The first kappa shape index (κ1) is 22.8. The lowest BCUT2D eigenvalue weighted by atomic mass is 10.1. The van der Waals surface area contributed by atoms with Gasteiger partial charge in [0.25, 0.3) is 5.91 Å². The maximum absolute atomic E-state index is 13.1. The second kappa shape index (κ2) is 9.24. The lowest BCUT2D eigenvalue weighted by Gasteiger charge is -2.33. The highest BCUT2D eigenvalue weighted by Gasteiger charge is 2.32. The molecule has 0 bridgehead atoms. The molecule has 4 rings (SSSR count). The van der Waals surface area contributed by atoms with Crippen LogP contribution in [0.5, 0.6) is 11.5 Å². The molecule has 1 fully saturated rings. The molecule has 1 aromatic heterocycles. The van der Waals surface area contributed by atoms with Crippen LogP contribution >= 0.6 is 0 Å². The number of rotatable bonds is 6. The largest absolute Gasteiger partial charge is 0.493 e. The number of carbonyl (C=O) groups is 1. The van der Waals surface area contributed by atoms with Gasteiger partial charge in [0.05, 0.1) is 19.1 Å². The number of benzene rings is 2. The molecular formula is C23H25N3O6S. The topological polar surface area (TPSA) is 102 Å². The van der Waals surface area contributed by atoms with Crippen molar-refractivity contribution >= 4 is 15.9 Å². The van der Waals surface area contributed by atoms with Crippen molar-refractivity contribution in [1.82, 2.24) is 14.4 Å². The molecule has 9 nitrogen and oxygen atoms in total. The van der Waals surface area contributed by atoms with E-state index in [2.05, 4.69) is 5.16 Å². The lowest BCUT2D eigenvalue weighted by Crippen LogP contribution is -2.50. The van der Waals surface area contributed by atoms with Crippen LogP contribution in [0.2, 0.25) is 0 Å². The van der Waals surface area contributed by atoms with Gasteiger partial charge >= 0.3 is 0 Å². The molecule has 0 aliphatic carbocycles. The van der Waals surface area contributed by atoms with Crippen LogP contribution in [0.25, 0.3) is 11.3 Å². The molecule has 0 N–H and O–H groups in total. The molecule has 0 spiro atoms. The van der Waals surface area contributed by atoms with E-state index in [-0.39, 0.29) is 42.7 Å². The maximum Gasteiger partial charge on any atom is 0.292 e. The van der Waals surface area contributed by atoms with E-state index in [0.29, 0.717) is 17.2 Å². The van der Waals surface area contributed by atoms with Gasteiger partial charge in [-0.25, -0.2) is 8.42 Å². The first-order valence-corrected chi connectivity index (χ1v) is 11.8. The molecule has 0 atom stereocenters. The predicted octanol–water partition coefficient (Wildman–Crippen LogP) is 2.81. The average molecular weight is 472 g/mol. The SMILES string of the molecule is COc1ccc(S(=O)(=O)N2CCN(C(=O)c3cc(-c4ccc(C)cc4)no3)CC2)cc1OC. The Morgan fingerprint density at radius 1 is 0.939 bits per heavy atom. The Labute approximate surface area is 192 Å². The Morgan fingerprint density at radius 3 is 2.24 bits per heavy atom. The molecule has 174 valence electrons. The summed E-state index contributed by atoms with van der Waals surface area (Å²) in [5.41, 5.74) is 2.56. The van der Waals surface area contributed by atoms with E-state index in [4.69, 9.17) is 14.0 Å². The van der Waals surface area contributed by atoms with Crippen molar-refractivity contribution in [3.8, 4) is 22.8 Å². The van der Waals surface area contributed by atoms with E-state index in [1.54, 1.807) is 17.0 Å². The number of nitrogens with zero attached hydrogens (tertiary/aromatic N) is 3. The van der Waals surface area contributed by atoms with Gasteiger partial charge in [0.15, 0.2) is 11.5 Å². The van der Waals surface area contributed by atoms with Crippen LogP contribution in [0.3, 0.4) is 0 Å². The van der Waals surface area contributed by atoms with Gasteiger partial charge in [-0.15, -0.1) is 0 Å². The number of piperazine rings is 1. The van der Waals surface area contributed by atoms with Gasteiger partial charge in [0.2, 0.25) is 15.8 Å². The summed E-state index contributed by atoms with van der Waals surface area (Å²) >= 11 is 0. The van der Waals surface area contributed by atoms with Crippen LogP contribution in [0.4, 0.5) is 0 Å². The highest BCUT2D eigenvalue weighted by molar-refractivity contribution is 7.89. The van der Waals surface area contributed by atoms with E-state index in [1.165, 1.54) is 30.7 Å². The van der Waals surface area contributed by atoms with Gasteiger partial charge in [0, 0.05) is 43.9 Å². The fraction of sp³-hybridized carbons (Fsp3) is 0.304. The van der Waals surface area contributed by atoms with Crippen molar-refractivity contribution in [3.05, 3.63) is 59.9 Å². The Morgan fingerprint density at radius 2 is 1.61 bits per heavy atom. The zero-order valence-electron chi connectivity index (χ0n) is 18.6. The number of hydrogen-bond donors (Lipinski definition) is 0. The molecule has 1 saturated heterocycles. The zero-order valence-corrected chi connectivity index (χ0v) is 19.5. The molecule has 1 amide bonds. The van der Waals surface area contributed by atoms with E-state index >= 15 is 0 Å². The summed E-state index contributed by atoms with van der Waals surface area (Å²) in [7, 11) is -0.807. The third-order valence-electron chi connectivity index (χ3n) is 5.59. The van der Waals surface area contributed by atoms with Gasteiger partial charge < -0.3 is 18.9 Å². The van der Waals surface area contributed by atoms with Gasteiger partial charge in [-0.05, 0) is 19.1 Å². The molecule has 33 heavy (non-hydrogen) atoms. The standard InChI is InChI=1S/C23H25N3O6S/c1-16-4-6-17(7-5-16)19-15-22(32-24-19)23(27)25-10-12-26(13-11-25)33(28,29)18-8-9-20(30-2)21(14-18)31-3/h4-9,14-15H,10-13H2,1-3H3. The van der Waals surface area contributed by atoms with Crippen molar-refractivity contribution in [2.45, 2.75) is 11.8 Å². The second-order valence-corrected chi connectivity index (χ2v) is 9.59. The van der Waals surface area contributed by atoms with Gasteiger partial charge in [-0.2, -0.15) is 4.31 Å². The summed E-state index contributed by atoms with van der Waals surface area (Å²) in [5.74, 6) is 0.594. The first-order chi connectivity index (χ1) is 15.8. The smallest absolute Gasteiger partial charge is 0.292 e. The summed E-state index contributed by atoms with van der Waals surface area (Å²) in [6, 6.07) is 13.8. The van der Waals surface area contributed by atoms with E-state index < -0.39 is 10.0 Å². The van der Waals surface area contributed by atoms with Crippen molar-refractivity contribution in [2.75, 3.05) is 40.4 Å². The second-order valence-electron chi connectivity index (χ2n) is 7.66. The monoisotopic (exact) mass is 471 g/mol. The van der Waals surface area contributed by atoms with E-state index in [9.17, 15) is 13.2 Å². The van der Waals surface area contributed by atoms with Crippen molar-refractivity contribution in [3.63, 3.8) is 0 Å². The van der Waals surface area contributed by atoms with Crippen molar-refractivity contribution in [2.24, 2.45) is 0 Å². The van der Waals surface area contributed by atoms with Crippen LogP contribution in [0.15, 0.2) is 57.9 Å². The third-order valence-corrected chi connectivity index (χ3v) is 7.48. The summed E-state index contributed by atoms with van der Waals surface area (Å²) in [5, 5.41) is 4.01. The summed E-state index contributed by atoms with van der Waals surface area (Å²) < 4.78 is 43.2. The van der Waals surface area contributed by atoms with Crippen LogP contribution in [-0.2, 0) is 10.0 Å². The first-order valence-electron chi connectivity index (χ1n) is 10.4. The summed E-state index contributed by atoms with van der Waals surface area (Å²) in [6.07, 6.45) is 0. The van der Waals surface area contributed by atoms with Crippen LogP contribution in [0.1, 0.15) is 16.1 Å². The molecule has 10 heteroatoms. The number of hydrogen-bond acceptors (Lipinski definition) is 7. The number of carbonyl (C=O) groups excluding carboxylic acids is 1. The van der Waals surface area contributed by atoms with Crippen molar-refractivity contribution in [1.29, 1.82) is 0 Å². The van der Waals surface area contributed by atoms with Gasteiger partial charge in [0.1, 0.15) is 5.69 Å². The molecule has 1 aliphatic rings.